The predicted molar refractivity (Wildman–Crippen MR) is 107 cm³/mol. The Morgan fingerprint density at radius 2 is 1.54 bits per heavy atom. The van der Waals surface area contributed by atoms with Crippen molar-refractivity contribution in [3.8, 4) is 0 Å². The zero-order valence-electron chi connectivity index (χ0n) is 17.5. The van der Waals surface area contributed by atoms with Gasteiger partial charge in [-0.15, -0.1) is 6.42 Å². The second-order valence-corrected chi connectivity index (χ2v) is 5.72. The quantitative estimate of drug-likeness (QED) is 0.242. The molecule has 0 saturated heterocycles. The van der Waals surface area contributed by atoms with E-state index >= 15 is 0 Å². The molecule has 0 fully saturated rings. The molecular weight excluding hydrogens is 435 g/mol. The Bertz CT molecular complexity index is 482. The minimum atomic E-state index is 0. The fraction of sp³-hybridized carbons (Fsp3) is 0.619. The van der Waals surface area contributed by atoms with E-state index in [1.54, 1.807) is 6.29 Å². The Morgan fingerprint density at radius 1 is 0.964 bits per heavy atom. The third-order valence-corrected chi connectivity index (χ3v) is 3.43. The summed E-state index contributed by atoms with van der Waals surface area (Å²) >= 11 is 0. The second kappa shape index (κ2) is 22.8. The van der Waals surface area contributed by atoms with Crippen LogP contribution in [0.3, 0.4) is 0 Å². The summed E-state index contributed by atoms with van der Waals surface area (Å²) in [4.78, 5) is 21.3. The summed E-state index contributed by atoms with van der Waals surface area (Å²) in [6.45, 7) is 8.25. The topological polar surface area (TPSA) is 73.9 Å². The first-order valence-corrected chi connectivity index (χ1v) is 9.54. The molecule has 6 nitrogen and oxygen atoms in total. The van der Waals surface area contributed by atoms with Gasteiger partial charge in [0.25, 0.3) is 0 Å². The van der Waals surface area contributed by atoms with Crippen molar-refractivity contribution in [1.82, 2.24) is 5.32 Å². The fourth-order valence-corrected chi connectivity index (χ4v) is 2.08. The van der Waals surface area contributed by atoms with Crippen LogP contribution in [0.1, 0.15) is 49.0 Å². The molecule has 1 aromatic rings. The molecule has 7 heteroatoms. The van der Waals surface area contributed by atoms with Gasteiger partial charge in [0.2, 0.25) is 0 Å². The molecule has 1 radical (unpaired) electrons. The summed E-state index contributed by atoms with van der Waals surface area (Å²) in [5.41, 5.74) is 2.03. The van der Waals surface area contributed by atoms with Gasteiger partial charge in [0.1, 0.15) is 0 Å². The van der Waals surface area contributed by atoms with E-state index in [-0.39, 0.29) is 38.5 Å². The SMILES string of the molecule is CCCC(=O)c1ccc(CNC)cc1.CCOCCOCCOCC[C-]=O.[Y]. The Labute approximate surface area is 195 Å². The van der Waals surface area contributed by atoms with Gasteiger partial charge in [0.05, 0.1) is 26.4 Å². The minimum absolute atomic E-state index is 0. The molecule has 0 spiro atoms. The summed E-state index contributed by atoms with van der Waals surface area (Å²) in [7, 11) is 1.91. The minimum Gasteiger partial charge on any atom is -0.542 e. The van der Waals surface area contributed by atoms with Crippen LogP contribution >= 0.6 is 0 Å². The van der Waals surface area contributed by atoms with Crippen LogP contribution in [0.5, 0.6) is 0 Å². The molecule has 0 heterocycles. The maximum Gasteiger partial charge on any atom is 0.162 e. The van der Waals surface area contributed by atoms with Crippen LogP contribution in [0.15, 0.2) is 24.3 Å². The van der Waals surface area contributed by atoms with Gasteiger partial charge in [-0.05, 0) is 26.0 Å². The van der Waals surface area contributed by atoms with Crippen LogP contribution < -0.4 is 5.32 Å². The van der Waals surface area contributed by atoms with Crippen molar-refractivity contribution in [2.24, 2.45) is 0 Å². The summed E-state index contributed by atoms with van der Waals surface area (Å²) in [5, 5.41) is 3.07. The van der Waals surface area contributed by atoms with Gasteiger partial charge in [0, 0.05) is 64.5 Å². The maximum atomic E-state index is 11.5. The summed E-state index contributed by atoms with van der Waals surface area (Å²) in [6, 6.07) is 7.81. The summed E-state index contributed by atoms with van der Waals surface area (Å²) in [6.07, 6.45) is 3.64. The van der Waals surface area contributed by atoms with Crippen molar-refractivity contribution in [3.05, 3.63) is 35.4 Å². The van der Waals surface area contributed by atoms with E-state index in [9.17, 15) is 9.59 Å². The van der Waals surface area contributed by atoms with Crippen LogP contribution in [0.4, 0.5) is 0 Å². The fourth-order valence-electron chi connectivity index (χ4n) is 2.08. The van der Waals surface area contributed by atoms with Crippen LogP contribution in [-0.4, -0.2) is 58.8 Å². The molecule has 0 aromatic heterocycles. The van der Waals surface area contributed by atoms with E-state index < -0.39 is 0 Å². The number of nitrogens with one attached hydrogen (secondary N) is 1. The Hall–Kier alpha value is -0.496. The smallest absolute Gasteiger partial charge is 0.162 e. The molecule has 0 atom stereocenters. The van der Waals surface area contributed by atoms with Crippen molar-refractivity contribution >= 4 is 12.1 Å². The van der Waals surface area contributed by atoms with Gasteiger partial charge in [-0.25, -0.2) is 0 Å². The van der Waals surface area contributed by atoms with Crippen LogP contribution in [0, 0.1) is 0 Å². The van der Waals surface area contributed by atoms with E-state index in [4.69, 9.17) is 14.2 Å². The van der Waals surface area contributed by atoms with Crippen LogP contribution in [0.2, 0.25) is 0 Å². The molecule has 0 aliphatic carbocycles. The van der Waals surface area contributed by atoms with E-state index in [0.717, 1.165) is 25.1 Å². The number of ether oxygens (including phenoxy) is 3. The standard InChI is InChI=1S/C12H17NO.C9H17O4.Y/c1-3-4-12(14)11-7-5-10(6-8-11)9-13-2;1-2-11-6-7-13-9-8-12-5-3-4-10;/h5-8,13H,3-4,9H2,1-2H3;2-3,5-9H2,1H3;/q;-1;. The summed E-state index contributed by atoms with van der Waals surface area (Å²) in [5.74, 6) is 0.239. The first-order valence-electron chi connectivity index (χ1n) is 9.54. The zero-order valence-corrected chi connectivity index (χ0v) is 20.3. The van der Waals surface area contributed by atoms with E-state index in [2.05, 4.69) is 5.32 Å². The molecule has 28 heavy (non-hydrogen) atoms. The van der Waals surface area contributed by atoms with Gasteiger partial charge < -0.3 is 24.3 Å². The van der Waals surface area contributed by atoms with E-state index in [1.807, 2.05) is 45.2 Å². The van der Waals surface area contributed by atoms with Crippen molar-refractivity contribution < 1.29 is 56.5 Å². The number of Topliss-reactive ketones (excluding diaryl/α,β-unsaturated/α-hetero) is 1. The van der Waals surface area contributed by atoms with Gasteiger partial charge in [0.15, 0.2) is 5.78 Å². The number of hydrogen-bond donors (Lipinski definition) is 1. The largest absolute Gasteiger partial charge is 0.542 e. The molecule has 157 valence electrons. The average Bonchev–Trinajstić information content (AvgIpc) is 2.68. The number of rotatable bonds is 15. The Balaban J connectivity index is 0. The third-order valence-electron chi connectivity index (χ3n) is 3.43. The van der Waals surface area contributed by atoms with Crippen molar-refractivity contribution in [2.75, 3.05) is 46.7 Å². The number of ketones is 1. The van der Waals surface area contributed by atoms with Crippen molar-refractivity contribution in [1.29, 1.82) is 0 Å². The van der Waals surface area contributed by atoms with Crippen molar-refractivity contribution in [3.63, 3.8) is 0 Å². The molecule has 0 unspecified atom stereocenters. The van der Waals surface area contributed by atoms with Gasteiger partial charge in [-0.3, -0.25) is 11.1 Å². The molecule has 1 N–H and O–H groups in total. The normalized spacial score (nSPS) is 9.82. The number of carbonyl (C=O) groups excluding carboxylic acids is 2. The van der Waals surface area contributed by atoms with Gasteiger partial charge >= 0.3 is 0 Å². The first kappa shape index (κ1) is 29.7. The Morgan fingerprint density at radius 3 is 2.04 bits per heavy atom. The summed E-state index contributed by atoms with van der Waals surface area (Å²) < 4.78 is 15.3. The van der Waals surface area contributed by atoms with Crippen LogP contribution in [0.25, 0.3) is 0 Å². The molecule has 0 aliphatic rings. The zero-order chi connectivity index (χ0) is 20.2. The average molecular weight is 469 g/mol. The Kier molecular flexibility index (Phi) is 24.2. The third kappa shape index (κ3) is 17.6. The van der Waals surface area contributed by atoms with Gasteiger partial charge in [-0.1, -0.05) is 31.2 Å². The second-order valence-electron chi connectivity index (χ2n) is 5.72. The molecule has 0 saturated carbocycles. The van der Waals surface area contributed by atoms with Crippen LogP contribution in [-0.2, 0) is 58.3 Å². The van der Waals surface area contributed by atoms with E-state index in [0.29, 0.717) is 45.9 Å². The molecule has 0 aliphatic heterocycles. The number of hydrogen-bond acceptors (Lipinski definition) is 6. The molecule has 1 rings (SSSR count). The molecule has 0 amide bonds. The number of benzene rings is 1. The maximum absolute atomic E-state index is 11.5. The van der Waals surface area contributed by atoms with Crippen molar-refractivity contribution in [2.45, 2.75) is 39.7 Å². The molecular formula is C21H34NO5Y-. The predicted octanol–water partition coefficient (Wildman–Crippen LogP) is 2.94. The monoisotopic (exact) mass is 469 g/mol. The molecule has 1 aromatic carbocycles. The number of carbonyl (C=O) groups is 1. The van der Waals surface area contributed by atoms with Gasteiger partial charge in [-0.2, -0.15) is 0 Å². The first-order chi connectivity index (χ1) is 13.2. The van der Waals surface area contributed by atoms with E-state index in [1.165, 1.54) is 5.56 Å². The molecule has 0 bridgehead atoms.